The molecule has 19 heavy (non-hydrogen) atoms. The summed E-state index contributed by atoms with van der Waals surface area (Å²) in [5, 5.41) is 12.6. The molecule has 1 aliphatic rings. The number of amides is 1. The predicted molar refractivity (Wildman–Crippen MR) is 70.3 cm³/mol. The van der Waals surface area contributed by atoms with Crippen LogP contribution < -0.4 is 10.1 Å². The average molecular weight is 265 g/mol. The monoisotopic (exact) mass is 265 g/mol. The molecule has 1 aromatic rings. The molecule has 1 aromatic carbocycles. The van der Waals surface area contributed by atoms with Crippen molar-refractivity contribution in [3.63, 3.8) is 0 Å². The molecular weight excluding hydrogens is 246 g/mol. The number of aliphatic hydroxyl groups excluding tert-OH is 1. The van der Waals surface area contributed by atoms with Gasteiger partial charge >= 0.3 is 0 Å². The second-order valence-corrected chi connectivity index (χ2v) is 4.44. The Morgan fingerprint density at radius 3 is 3.05 bits per heavy atom. The summed E-state index contributed by atoms with van der Waals surface area (Å²) in [5.41, 5.74) is 0.489. The molecule has 0 radical (unpaired) electrons. The fourth-order valence-corrected chi connectivity index (χ4v) is 2.07. The normalized spacial score (nSPS) is 22.8. The number of rotatable bonds is 4. The van der Waals surface area contributed by atoms with Gasteiger partial charge in [-0.05, 0) is 25.5 Å². The molecule has 1 fully saturated rings. The van der Waals surface area contributed by atoms with Gasteiger partial charge in [-0.15, -0.1) is 0 Å². The smallest absolute Gasteiger partial charge is 0.255 e. The minimum Gasteiger partial charge on any atom is -0.493 e. The van der Waals surface area contributed by atoms with Crippen LogP contribution in [0.25, 0.3) is 0 Å². The lowest BCUT2D eigenvalue weighted by atomic mass is 10.1. The number of carbonyl (C=O) groups is 1. The SMILES string of the molecule is CCOc1ccccc1C(=O)N[C@@H]1CCOC[C@H]1O. The molecule has 2 atom stereocenters. The summed E-state index contributed by atoms with van der Waals surface area (Å²) in [6, 6.07) is 6.82. The first-order valence-electron chi connectivity index (χ1n) is 6.51. The lowest BCUT2D eigenvalue weighted by Crippen LogP contribution is -2.48. The molecule has 0 unspecified atom stereocenters. The number of carbonyl (C=O) groups excluding carboxylic acids is 1. The van der Waals surface area contributed by atoms with Crippen LogP contribution >= 0.6 is 0 Å². The van der Waals surface area contributed by atoms with E-state index in [0.717, 1.165) is 0 Å². The average Bonchev–Trinajstić information content (AvgIpc) is 2.42. The third-order valence-corrected chi connectivity index (χ3v) is 3.07. The van der Waals surface area contributed by atoms with E-state index in [1.165, 1.54) is 0 Å². The minimum absolute atomic E-state index is 0.227. The van der Waals surface area contributed by atoms with Crippen molar-refractivity contribution < 1.29 is 19.4 Å². The Balaban J connectivity index is 2.06. The standard InChI is InChI=1S/C14H19NO4/c1-2-19-13-6-4-3-5-10(13)14(17)15-11-7-8-18-9-12(11)16/h3-6,11-12,16H,2,7-9H2,1H3,(H,15,17)/t11-,12-/m1/s1. The van der Waals surface area contributed by atoms with E-state index >= 15 is 0 Å². The van der Waals surface area contributed by atoms with Crippen molar-refractivity contribution in [1.29, 1.82) is 0 Å². The third kappa shape index (κ3) is 3.45. The van der Waals surface area contributed by atoms with E-state index in [0.29, 0.717) is 30.9 Å². The predicted octanol–water partition coefficient (Wildman–Crippen LogP) is 0.965. The molecule has 0 aromatic heterocycles. The Labute approximate surface area is 112 Å². The Morgan fingerprint density at radius 1 is 1.53 bits per heavy atom. The Hall–Kier alpha value is -1.59. The van der Waals surface area contributed by atoms with Crippen LogP contribution in [-0.2, 0) is 4.74 Å². The summed E-state index contributed by atoms with van der Waals surface area (Å²) in [4.78, 5) is 12.2. The van der Waals surface area contributed by atoms with Gasteiger partial charge in [0.1, 0.15) is 5.75 Å². The summed E-state index contributed by atoms with van der Waals surface area (Å²) < 4.78 is 10.6. The van der Waals surface area contributed by atoms with Gasteiger partial charge in [0.25, 0.3) is 5.91 Å². The van der Waals surface area contributed by atoms with Gasteiger partial charge in [0.15, 0.2) is 0 Å². The van der Waals surface area contributed by atoms with Gasteiger partial charge in [-0.2, -0.15) is 0 Å². The largest absolute Gasteiger partial charge is 0.493 e. The van der Waals surface area contributed by atoms with Crippen LogP contribution in [-0.4, -0.2) is 43.0 Å². The van der Waals surface area contributed by atoms with Crippen molar-refractivity contribution in [2.75, 3.05) is 19.8 Å². The van der Waals surface area contributed by atoms with E-state index in [2.05, 4.69) is 5.32 Å². The Kier molecular flexibility index (Phi) is 4.76. The maximum absolute atomic E-state index is 12.2. The van der Waals surface area contributed by atoms with Crippen molar-refractivity contribution >= 4 is 5.91 Å². The van der Waals surface area contributed by atoms with E-state index < -0.39 is 6.10 Å². The molecule has 2 rings (SSSR count). The van der Waals surface area contributed by atoms with Crippen molar-refractivity contribution in [1.82, 2.24) is 5.32 Å². The molecule has 1 heterocycles. The van der Waals surface area contributed by atoms with Crippen molar-refractivity contribution in [2.45, 2.75) is 25.5 Å². The van der Waals surface area contributed by atoms with Crippen LogP contribution in [0.5, 0.6) is 5.75 Å². The summed E-state index contributed by atoms with van der Waals surface area (Å²) in [5.74, 6) is 0.332. The maximum atomic E-state index is 12.2. The highest BCUT2D eigenvalue weighted by Crippen LogP contribution is 2.18. The van der Waals surface area contributed by atoms with E-state index in [1.54, 1.807) is 18.2 Å². The molecule has 5 heteroatoms. The molecule has 1 aliphatic heterocycles. The van der Waals surface area contributed by atoms with Crippen LogP contribution in [0, 0.1) is 0 Å². The molecule has 1 amide bonds. The number of benzene rings is 1. The third-order valence-electron chi connectivity index (χ3n) is 3.07. The minimum atomic E-state index is -0.656. The fourth-order valence-electron chi connectivity index (χ4n) is 2.07. The van der Waals surface area contributed by atoms with Gasteiger partial charge in [-0.25, -0.2) is 0 Å². The van der Waals surface area contributed by atoms with Crippen molar-refractivity contribution in [3.8, 4) is 5.75 Å². The summed E-state index contributed by atoms with van der Waals surface area (Å²) in [7, 11) is 0. The quantitative estimate of drug-likeness (QED) is 0.851. The molecule has 0 saturated carbocycles. The first-order chi connectivity index (χ1) is 9.22. The highest BCUT2D eigenvalue weighted by Gasteiger charge is 2.26. The molecule has 1 saturated heterocycles. The van der Waals surface area contributed by atoms with Crippen LogP contribution in [0.3, 0.4) is 0 Å². The highest BCUT2D eigenvalue weighted by atomic mass is 16.5. The Morgan fingerprint density at radius 2 is 2.32 bits per heavy atom. The summed E-state index contributed by atoms with van der Waals surface area (Å²) in [6.07, 6.45) is -0.0408. The molecular formula is C14H19NO4. The van der Waals surface area contributed by atoms with E-state index in [1.807, 2.05) is 13.0 Å². The first kappa shape index (κ1) is 13.8. The molecule has 0 bridgehead atoms. The second-order valence-electron chi connectivity index (χ2n) is 4.44. The van der Waals surface area contributed by atoms with Gasteiger partial charge in [0.05, 0.1) is 30.9 Å². The van der Waals surface area contributed by atoms with Gasteiger partial charge in [0.2, 0.25) is 0 Å². The van der Waals surface area contributed by atoms with Gasteiger partial charge in [-0.1, -0.05) is 12.1 Å². The van der Waals surface area contributed by atoms with Crippen LogP contribution in [0.15, 0.2) is 24.3 Å². The van der Waals surface area contributed by atoms with E-state index in [9.17, 15) is 9.90 Å². The Bertz CT molecular complexity index is 435. The molecule has 2 N–H and O–H groups in total. The van der Waals surface area contributed by atoms with Crippen LogP contribution in [0.4, 0.5) is 0 Å². The maximum Gasteiger partial charge on any atom is 0.255 e. The number of aliphatic hydroxyl groups is 1. The number of nitrogens with one attached hydrogen (secondary N) is 1. The van der Waals surface area contributed by atoms with Gasteiger partial charge < -0.3 is 19.9 Å². The lowest BCUT2D eigenvalue weighted by molar-refractivity contribution is -0.0261. The van der Waals surface area contributed by atoms with Crippen molar-refractivity contribution in [3.05, 3.63) is 29.8 Å². The molecule has 104 valence electrons. The topological polar surface area (TPSA) is 67.8 Å². The van der Waals surface area contributed by atoms with Gasteiger partial charge in [-0.3, -0.25) is 4.79 Å². The second kappa shape index (κ2) is 6.54. The molecule has 0 spiro atoms. The lowest BCUT2D eigenvalue weighted by Gasteiger charge is -2.28. The molecule has 5 nitrogen and oxygen atoms in total. The number of hydrogen-bond acceptors (Lipinski definition) is 4. The van der Waals surface area contributed by atoms with Crippen LogP contribution in [0.1, 0.15) is 23.7 Å². The molecule has 0 aliphatic carbocycles. The van der Waals surface area contributed by atoms with Crippen molar-refractivity contribution in [2.24, 2.45) is 0 Å². The van der Waals surface area contributed by atoms with Gasteiger partial charge in [0, 0.05) is 6.61 Å². The number of ether oxygens (including phenoxy) is 2. The van der Waals surface area contributed by atoms with Crippen LogP contribution in [0.2, 0.25) is 0 Å². The number of para-hydroxylation sites is 1. The first-order valence-corrected chi connectivity index (χ1v) is 6.51. The summed E-state index contributed by atoms with van der Waals surface area (Å²) in [6.45, 7) is 3.19. The summed E-state index contributed by atoms with van der Waals surface area (Å²) >= 11 is 0. The zero-order valence-corrected chi connectivity index (χ0v) is 11.0. The highest BCUT2D eigenvalue weighted by molar-refractivity contribution is 5.97. The zero-order valence-electron chi connectivity index (χ0n) is 11.0. The number of hydrogen-bond donors (Lipinski definition) is 2. The fraction of sp³-hybridized carbons (Fsp3) is 0.500. The van der Waals surface area contributed by atoms with E-state index in [4.69, 9.17) is 9.47 Å². The van der Waals surface area contributed by atoms with E-state index in [-0.39, 0.29) is 18.6 Å². The zero-order chi connectivity index (χ0) is 13.7.